The first-order valence-electron chi connectivity index (χ1n) is 6.77. The van der Waals surface area contributed by atoms with Crippen LogP contribution in [0.1, 0.15) is 38.2 Å². The Kier molecular flexibility index (Phi) is 3.93. The molecule has 0 radical (unpaired) electrons. The number of rotatable bonds is 2. The van der Waals surface area contributed by atoms with Crippen molar-refractivity contribution in [2.45, 2.75) is 34.6 Å². The number of benzene rings is 2. The molecule has 0 atom stereocenters. The summed E-state index contributed by atoms with van der Waals surface area (Å²) in [7, 11) is 0. The molecule has 0 N–H and O–H groups in total. The number of hydrogen-bond acceptors (Lipinski definition) is 2. The lowest BCUT2D eigenvalue weighted by Crippen LogP contribution is -2.15. The van der Waals surface area contributed by atoms with Crippen LogP contribution in [0.25, 0.3) is 0 Å². The second kappa shape index (κ2) is 5.49. The molecule has 104 valence electrons. The molecule has 2 rings (SSSR count). The molecule has 0 bridgehead atoms. The van der Waals surface area contributed by atoms with Crippen molar-refractivity contribution in [1.82, 2.24) is 0 Å². The van der Waals surface area contributed by atoms with E-state index in [1.807, 2.05) is 32.0 Å². The molecule has 20 heavy (non-hydrogen) atoms. The van der Waals surface area contributed by atoms with Gasteiger partial charge in [0.2, 0.25) is 0 Å². The summed E-state index contributed by atoms with van der Waals surface area (Å²) < 4.78 is 5.47. The minimum Gasteiger partial charge on any atom is -0.423 e. The van der Waals surface area contributed by atoms with E-state index in [1.54, 1.807) is 12.1 Å². The number of carbonyl (C=O) groups excluding carboxylic acids is 1. The summed E-state index contributed by atoms with van der Waals surface area (Å²) in [4.78, 5) is 12.4. The first-order chi connectivity index (χ1) is 9.43. The summed E-state index contributed by atoms with van der Waals surface area (Å²) in [5.74, 6) is 0.296. The monoisotopic (exact) mass is 268 g/mol. The van der Waals surface area contributed by atoms with Crippen molar-refractivity contribution >= 4 is 5.97 Å². The van der Waals surface area contributed by atoms with E-state index in [4.69, 9.17) is 4.74 Å². The zero-order chi connectivity index (χ0) is 14.9. The summed E-state index contributed by atoms with van der Waals surface area (Å²) in [6.07, 6.45) is 0. The average molecular weight is 268 g/mol. The summed E-state index contributed by atoms with van der Waals surface area (Å²) in [5, 5.41) is 0. The molecule has 0 amide bonds. The van der Waals surface area contributed by atoms with Crippen molar-refractivity contribution in [2.24, 2.45) is 0 Å². The van der Waals surface area contributed by atoms with E-state index < -0.39 is 0 Å². The van der Waals surface area contributed by atoms with Gasteiger partial charge in [0.15, 0.2) is 0 Å². The van der Waals surface area contributed by atoms with Gasteiger partial charge in [0.05, 0.1) is 5.56 Å². The lowest BCUT2D eigenvalue weighted by atomic mass is 9.90. The highest BCUT2D eigenvalue weighted by Crippen LogP contribution is 2.27. The molecule has 0 heterocycles. The maximum absolute atomic E-state index is 12.4. The molecule has 0 aliphatic carbocycles. The lowest BCUT2D eigenvalue weighted by Gasteiger charge is -2.17. The second-order valence-electron chi connectivity index (χ2n) is 5.20. The van der Waals surface area contributed by atoms with Gasteiger partial charge in [-0.25, -0.2) is 4.79 Å². The van der Waals surface area contributed by atoms with Gasteiger partial charge in [-0.1, -0.05) is 18.2 Å². The molecular weight excluding hydrogens is 248 g/mol. The molecule has 0 aliphatic heterocycles. The summed E-state index contributed by atoms with van der Waals surface area (Å²) in [6, 6.07) is 9.18. The number of hydrogen-bond donors (Lipinski definition) is 0. The van der Waals surface area contributed by atoms with Crippen LogP contribution in [0.3, 0.4) is 0 Å². The van der Waals surface area contributed by atoms with Gasteiger partial charge >= 0.3 is 5.97 Å². The number of esters is 1. The molecule has 2 heteroatoms. The maximum Gasteiger partial charge on any atom is 0.344 e. The average Bonchev–Trinajstić information content (AvgIpc) is 2.44. The Bertz CT molecular complexity index is 626. The van der Waals surface area contributed by atoms with Gasteiger partial charge in [-0.2, -0.15) is 0 Å². The predicted octanol–water partition coefficient (Wildman–Crippen LogP) is 4.45. The van der Waals surface area contributed by atoms with Gasteiger partial charge in [-0.3, -0.25) is 0 Å². The van der Waals surface area contributed by atoms with E-state index >= 15 is 0 Å². The molecule has 0 saturated heterocycles. The first kappa shape index (κ1) is 14.3. The summed E-state index contributed by atoms with van der Waals surface area (Å²) in [5.41, 5.74) is 6.27. The number of para-hydroxylation sites is 1. The largest absolute Gasteiger partial charge is 0.423 e. The smallest absolute Gasteiger partial charge is 0.344 e. The van der Waals surface area contributed by atoms with Crippen LogP contribution in [0.4, 0.5) is 0 Å². The van der Waals surface area contributed by atoms with Crippen molar-refractivity contribution in [3.63, 3.8) is 0 Å². The van der Waals surface area contributed by atoms with Gasteiger partial charge in [-0.05, 0) is 74.6 Å². The first-order valence-corrected chi connectivity index (χ1v) is 6.77. The fourth-order valence-corrected chi connectivity index (χ4v) is 2.45. The van der Waals surface area contributed by atoms with Crippen LogP contribution in [0.15, 0.2) is 30.3 Å². The van der Waals surface area contributed by atoms with Crippen LogP contribution in [-0.2, 0) is 0 Å². The van der Waals surface area contributed by atoms with Crippen LogP contribution in [0.5, 0.6) is 5.75 Å². The topological polar surface area (TPSA) is 26.3 Å². The Hall–Kier alpha value is -2.09. The van der Waals surface area contributed by atoms with Crippen molar-refractivity contribution in [3.05, 3.63) is 63.7 Å². The molecule has 0 spiro atoms. The third kappa shape index (κ3) is 2.46. The standard InChI is InChI=1S/C18H20O2/c1-11-12(2)14(4)17(15(5)13(11)3)18(19)20-16-9-7-6-8-10-16/h6-10H,1-5H3. The third-order valence-corrected chi connectivity index (χ3v) is 4.16. The van der Waals surface area contributed by atoms with Crippen LogP contribution in [0.2, 0.25) is 0 Å². The fraction of sp³-hybridized carbons (Fsp3) is 0.278. The molecule has 2 nitrogen and oxygen atoms in total. The van der Waals surface area contributed by atoms with Crippen molar-refractivity contribution in [1.29, 1.82) is 0 Å². The van der Waals surface area contributed by atoms with E-state index in [2.05, 4.69) is 20.8 Å². The summed E-state index contributed by atoms with van der Waals surface area (Å²) >= 11 is 0. The predicted molar refractivity (Wildman–Crippen MR) is 81.5 cm³/mol. The van der Waals surface area contributed by atoms with Gasteiger partial charge in [0.25, 0.3) is 0 Å². The molecule has 0 aliphatic rings. The minimum absolute atomic E-state index is 0.280. The zero-order valence-corrected chi connectivity index (χ0v) is 12.7. The van der Waals surface area contributed by atoms with Crippen LogP contribution < -0.4 is 4.74 Å². The number of carbonyl (C=O) groups is 1. The Morgan fingerprint density at radius 1 is 0.750 bits per heavy atom. The van der Waals surface area contributed by atoms with Crippen molar-refractivity contribution in [2.75, 3.05) is 0 Å². The van der Waals surface area contributed by atoms with Crippen LogP contribution in [0, 0.1) is 34.6 Å². The maximum atomic E-state index is 12.4. The normalized spacial score (nSPS) is 10.4. The fourth-order valence-electron chi connectivity index (χ4n) is 2.45. The number of ether oxygens (including phenoxy) is 1. The summed E-state index contributed by atoms with van der Waals surface area (Å²) in [6.45, 7) is 10.2. The second-order valence-corrected chi connectivity index (χ2v) is 5.20. The molecule has 0 fully saturated rings. The lowest BCUT2D eigenvalue weighted by molar-refractivity contribution is 0.0733. The van der Waals surface area contributed by atoms with E-state index in [9.17, 15) is 4.79 Å². The van der Waals surface area contributed by atoms with Gasteiger partial charge in [0, 0.05) is 0 Å². The molecular formula is C18H20O2. The van der Waals surface area contributed by atoms with Gasteiger partial charge < -0.3 is 4.74 Å². The minimum atomic E-state index is -0.280. The highest BCUT2D eigenvalue weighted by molar-refractivity contribution is 5.95. The highest BCUT2D eigenvalue weighted by atomic mass is 16.5. The van der Waals surface area contributed by atoms with Gasteiger partial charge in [-0.15, -0.1) is 0 Å². The zero-order valence-electron chi connectivity index (χ0n) is 12.7. The highest BCUT2D eigenvalue weighted by Gasteiger charge is 2.19. The Labute approximate surface area is 120 Å². The van der Waals surface area contributed by atoms with Crippen LogP contribution in [-0.4, -0.2) is 5.97 Å². The van der Waals surface area contributed by atoms with Crippen molar-refractivity contribution in [3.8, 4) is 5.75 Å². The van der Waals surface area contributed by atoms with Crippen LogP contribution >= 0.6 is 0 Å². The molecule has 0 aromatic heterocycles. The van der Waals surface area contributed by atoms with E-state index in [0.29, 0.717) is 11.3 Å². The SMILES string of the molecule is Cc1c(C)c(C)c(C(=O)Oc2ccccc2)c(C)c1C. The molecule has 2 aromatic rings. The third-order valence-electron chi connectivity index (χ3n) is 4.16. The van der Waals surface area contributed by atoms with Crippen molar-refractivity contribution < 1.29 is 9.53 Å². The van der Waals surface area contributed by atoms with E-state index in [-0.39, 0.29) is 5.97 Å². The van der Waals surface area contributed by atoms with E-state index in [0.717, 1.165) is 22.3 Å². The Morgan fingerprint density at radius 2 is 1.20 bits per heavy atom. The van der Waals surface area contributed by atoms with E-state index in [1.165, 1.54) is 5.56 Å². The Balaban J connectivity index is 2.45. The van der Waals surface area contributed by atoms with Gasteiger partial charge in [0.1, 0.15) is 5.75 Å². The molecule has 0 saturated carbocycles. The molecule has 0 unspecified atom stereocenters. The molecule has 2 aromatic carbocycles. The Morgan fingerprint density at radius 3 is 1.70 bits per heavy atom. The quantitative estimate of drug-likeness (QED) is 0.594.